The molecule has 2 aromatic rings. The minimum atomic E-state index is 0.809. The third-order valence-corrected chi connectivity index (χ3v) is 5.77. The van der Waals surface area contributed by atoms with Crippen LogP contribution < -0.4 is 15.1 Å². The lowest BCUT2D eigenvalue weighted by atomic mass is 10.3. The van der Waals surface area contributed by atoms with Crippen molar-refractivity contribution in [2.75, 3.05) is 82.3 Å². The van der Waals surface area contributed by atoms with Gasteiger partial charge >= 0.3 is 0 Å². The van der Waals surface area contributed by atoms with Crippen LogP contribution in [0, 0.1) is 0 Å². The number of guanidine groups is 1. The molecular weight excluding hydrogens is 392 g/mol. The summed E-state index contributed by atoms with van der Waals surface area (Å²) in [5.41, 5.74) is 0. The largest absolute Gasteiger partial charge is 0.356 e. The molecule has 0 radical (unpaired) electrons. The van der Waals surface area contributed by atoms with Crippen LogP contribution in [0.25, 0.3) is 0 Å². The van der Waals surface area contributed by atoms with Crippen molar-refractivity contribution in [3.05, 3.63) is 36.9 Å². The van der Waals surface area contributed by atoms with E-state index >= 15 is 0 Å². The van der Waals surface area contributed by atoms with Crippen molar-refractivity contribution in [1.82, 2.24) is 35.1 Å². The molecule has 0 aliphatic carbocycles. The molecule has 2 aliphatic heterocycles. The summed E-state index contributed by atoms with van der Waals surface area (Å²) in [4.78, 5) is 31.2. The Hall–Kier alpha value is -3.01. The monoisotopic (exact) mass is 424 g/mol. The molecule has 166 valence electrons. The van der Waals surface area contributed by atoms with Crippen molar-refractivity contribution in [3.8, 4) is 0 Å². The van der Waals surface area contributed by atoms with Crippen LogP contribution in [0.1, 0.15) is 6.42 Å². The Kier molecular flexibility index (Phi) is 7.43. The van der Waals surface area contributed by atoms with E-state index in [4.69, 9.17) is 0 Å². The molecule has 4 rings (SSSR count). The van der Waals surface area contributed by atoms with E-state index in [9.17, 15) is 0 Å². The van der Waals surface area contributed by atoms with Gasteiger partial charge in [-0.3, -0.25) is 9.89 Å². The topological polar surface area (TPSA) is 88.9 Å². The molecule has 4 heterocycles. The summed E-state index contributed by atoms with van der Waals surface area (Å²) in [6.07, 6.45) is 8.30. The molecule has 0 atom stereocenters. The third kappa shape index (κ3) is 5.78. The van der Waals surface area contributed by atoms with Crippen molar-refractivity contribution < 1.29 is 0 Å². The standard InChI is InChI=1S/C21H32N10/c1-22-19(29-15-17-31(18-16-29)21-26-7-3-8-27-21)23-9-4-10-28-11-13-30(14-12-28)20-24-5-2-6-25-20/h2-3,5-8H,4,9-18H2,1H3,(H,22,23). The maximum atomic E-state index is 4.48. The number of anilines is 2. The maximum absolute atomic E-state index is 4.48. The summed E-state index contributed by atoms with van der Waals surface area (Å²) in [6, 6.07) is 3.71. The van der Waals surface area contributed by atoms with Crippen LogP contribution in [0.15, 0.2) is 41.9 Å². The smallest absolute Gasteiger partial charge is 0.225 e. The average Bonchev–Trinajstić information content (AvgIpc) is 2.86. The SMILES string of the molecule is CN=C(NCCCN1CCN(c2ncccn2)CC1)N1CCN(c2ncccn2)CC1. The van der Waals surface area contributed by atoms with E-state index in [1.807, 2.05) is 31.6 Å². The van der Waals surface area contributed by atoms with Gasteiger partial charge in [0.2, 0.25) is 11.9 Å². The molecule has 0 amide bonds. The summed E-state index contributed by atoms with van der Waals surface area (Å²) >= 11 is 0. The van der Waals surface area contributed by atoms with Gasteiger partial charge in [-0.2, -0.15) is 0 Å². The van der Waals surface area contributed by atoms with Crippen LogP contribution in [0.2, 0.25) is 0 Å². The maximum Gasteiger partial charge on any atom is 0.225 e. The molecule has 10 nitrogen and oxygen atoms in total. The molecule has 2 aliphatic rings. The molecule has 0 unspecified atom stereocenters. The van der Waals surface area contributed by atoms with Gasteiger partial charge in [0, 0.05) is 90.7 Å². The molecule has 1 N–H and O–H groups in total. The van der Waals surface area contributed by atoms with E-state index in [2.05, 4.69) is 49.8 Å². The molecule has 31 heavy (non-hydrogen) atoms. The van der Waals surface area contributed by atoms with Crippen molar-refractivity contribution in [1.29, 1.82) is 0 Å². The van der Waals surface area contributed by atoms with Crippen LogP contribution in [0.4, 0.5) is 11.9 Å². The Bertz CT molecular complexity index is 799. The number of nitrogens with one attached hydrogen (secondary N) is 1. The van der Waals surface area contributed by atoms with E-state index in [1.54, 1.807) is 12.4 Å². The molecule has 2 fully saturated rings. The summed E-state index contributed by atoms with van der Waals surface area (Å²) in [6.45, 7) is 9.72. The first-order chi connectivity index (χ1) is 15.3. The molecule has 2 saturated heterocycles. The lowest BCUT2D eigenvalue weighted by molar-refractivity contribution is 0.253. The Labute approximate surface area is 184 Å². The van der Waals surface area contributed by atoms with Gasteiger partial charge in [-0.25, -0.2) is 19.9 Å². The van der Waals surface area contributed by atoms with E-state index < -0.39 is 0 Å². The minimum absolute atomic E-state index is 0.809. The van der Waals surface area contributed by atoms with Crippen LogP contribution in [0.3, 0.4) is 0 Å². The van der Waals surface area contributed by atoms with Gasteiger partial charge < -0.3 is 20.0 Å². The number of hydrogen-bond donors (Lipinski definition) is 1. The fourth-order valence-electron chi connectivity index (χ4n) is 4.03. The number of aliphatic imine (C=N–C) groups is 1. The first-order valence-corrected chi connectivity index (χ1v) is 11.1. The predicted molar refractivity (Wildman–Crippen MR) is 122 cm³/mol. The van der Waals surface area contributed by atoms with Gasteiger partial charge in [-0.1, -0.05) is 0 Å². The zero-order chi connectivity index (χ0) is 21.3. The third-order valence-electron chi connectivity index (χ3n) is 5.77. The normalized spacial score (nSPS) is 18.4. The average molecular weight is 425 g/mol. The van der Waals surface area contributed by atoms with Crippen LogP contribution in [-0.4, -0.2) is 108 Å². The second-order valence-electron chi connectivity index (χ2n) is 7.73. The van der Waals surface area contributed by atoms with E-state index in [0.717, 1.165) is 89.7 Å². The fraction of sp³-hybridized carbons (Fsp3) is 0.571. The summed E-state index contributed by atoms with van der Waals surface area (Å²) in [7, 11) is 1.86. The predicted octanol–water partition coefficient (Wildman–Crippen LogP) is 0.176. The zero-order valence-corrected chi connectivity index (χ0v) is 18.3. The molecule has 0 aromatic carbocycles. The van der Waals surface area contributed by atoms with E-state index in [1.165, 1.54) is 0 Å². The van der Waals surface area contributed by atoms with Crippen LogP contribution in [-0.2, 0) is 0 Å². The van der Waals surface area contributed by atoms with Gasteiger partial charge in [-0.15, -0.1) is 0 Å². The number of nitrogens with zero attached hydrogens (tertiary/aromatic N) is 9. The first kappa shape index (κ1) is 21.2. The highest BCUT2D eigenvalue weighted by atomic mass is 15.4. The molecule has 10 heteroatoms. The summed E-state index contributed by atoms with van der Waals surface area (Å²) in [5.74, 6) is 2.63. The van der Waals surface area contributed by atoms with E-state index in [0.29, 0.717) is 0 Å². The molecule has 0 bridgehead atoms. The van der Waals surface area contributed by atoms with Gasteiger partial charge in [-0.05, 0) is 25.1 Å². The van der Waals surface area contributed by atoms with Gasteiger partial charge in [0.05, 0.1) is 0 Å². The van der Waals surface area contributed by atoms with Crippen molar-refractivity contribution >= 4 is 17.9 Å². The first-order valence-electron chi connectivity index (χ1n) is 11.1. The lowest BCUT2D eigenvalue weighted by Gasteiger charge is -2.36. The number of hydrogen-bond acceptors (Lipinski definition) is 8. The van der Waals surface area contributed by atoms with Gasteiger partial charge in [0.15, 0.2) is 5.96 Å². The second-order valence-corrected chi connectivity index (χ2v) is 7.73. The van der Waals surface area contributed by atoms with Crippen molar-refractivity contribution in [2.45, 2.75) is 6.42 Å². The molecule has 0 saturated carbocycles. The highest BCUT2D eigenvalue weighted by Crippen LogP contribution is 2.11. The van der Waals surface area contributed by atoms with Gasteiger partial charge in [0.1, 0.15) is 0 Å². The van der Waals surface area contributed by atoms with Gasteiger partial charge in [0.25, 0.3) is 0 Å². The molecule has 0 spiro atoms. The number of rotatable bonds is 6. The van der Waals surface area contributed by atoms with Crippen LogP contribution in [0.5, 0.6) is 0 Å². The van der Waals surface area contributed by atoms with Crippen molar-refractivity contribution in [3.63, 3.8) is 0 Å². The Balaban J connectivity index is 1.13. The molecule has 2 aromatic heterocycles. The Morgan fingerprint density at radius 2 is 1.32 bits per heavy atom. The number of aromatic nitrogens is 4. The Morgan fingerprint density at radius 3 is 1.84 bits per heavy atom. The highest BCUT2D eigenvalue weighted by molar-refractivity contribution is 5.80. The molecular formula is C21H32N10. The quantitative estimate of drug-likeness (QED) is 0.396. The summed E-state index contributed by atoms with van der Waals surface area (Å²) in [5, 5.41) is 3.54. The van der Waals surface area contributed by atoms with Crippen molar-refractivity contribution in [2.24, 2.45) is 4.99 Å². The number of piperazine rings is 2. The Morgan fingerprint density at radius 1 is 0.806 bits per heavy atom. The van der Waals surface area contributed by atoms with E-state index in [-0.39, 0.29) is 0 Å². The zero-order valence-electron chi connectivity index (χ0n) is 18.3. The van der Waals surface area contributed by atoms with Crippen LogP contribution >= 0.6 is 0 Å². The minimum Gasteiger partial charge on any atom is -0.356 e. The second kappa shape index (κ2) is 10.9. The fourth-order valence-corrected chi connectivity index (χ4v) is 4.03. The lowest BCUT2D eigenvalue weighted by Crippen LogP contribution is -2.53. The summed E-state index contributed by atoms with van der Waals surface area (Å²) < 4.78 is 0. The highest BCUT2D eigenvalue weighted by Gasteiger charge is 2.21.